The molecule has 0 radical (unpaired) electrons. The van der Waals surface area contributed by atoms with Crippen LogP contribution in [-0.2, 0) is 14.9 Å². The number of fused-ring (bicyclic) bond motifs is 5. The van der Waals surface area contributed by atoms with Gasteiger partial charge in [-0.2, -0.15) is 0 Å². The summed E-state index contributed by atoms with van der Waals surface area (Å²) in [7, 11) is 0. The minimum atomic E-state index is -0.497. The summed E-state index contributed by atoms with van der Waals surface area (Å²) < 4.78 is 6.17. The van der Waals surface area contributed by atoms with Crippen LogP contribution in [0.2, 0.25) is 10.0 Å². The van der Waals surface area contributed by atoms with Crippen LogP contribution >= 0.6 is 23.2 Å². The van der Waals surface area contributed by atoms with E-state index in [1.54, 1.807) is 30.6 Å². The minimum absolute atomic E-state index is 0.00917. The SMILES string of the molecule is O=C(Nc1ccc(Cl)c(Cl)c1)[C@]12C[C@@]1(c1ccncc1)[C@@H]1CC[C@H]2O1. The first kappa shape index (κ1) is 15.6. The van der Waals surface area contributed by atoms with E-state index in [1.807, 2.05) is 12.1 Å². The number of benzene rings is 1. The normalized spacial score (nSPS) is 34.6. The van der Waals surface area contributed by atoms with E-state index in [1.165, 1.54) is 0 Å². The first-order chi connectivity index (χ1) is 12.1. The monoisotopic (exact) mass is 374 g/mol. The smallest absolute Gasteiger partial charge is 0.234 e. The number of amides is 1. The van der Waals surface area contributed by atoms with Crippen molar-refractivity contribution in [1.82, 2.24) is 4.98 Å². The molecule has 3 fully saturated rings. The van der Waals surface area contributed by atoms with E-state index >= 15 is 0 Å². The Morgan fingerprint density at radius 3 is 2.64 bits per heavy atom. The number of anilines is 1. The Bertz CT molecular complexity index is 875. The van der Waals surface area contributed by atoms with E-state index in [0.717, 1.165) is 24.8 Å². The highest BCUT2D eigenvalue weighted by molar-refractivity contribution is 6.42. The van der Waals surface area contributed by atoms with Gasteiger partial charge in [0.15, 0.2) is 0 Å². The average Bonchev–Trinajstić information content (AvgIpc) is 3.03. The summed E-state index contributed by atoms with van der Waals surface area (Å²) in [6.07, 6.45) is 6.44. The van der Waals surface area contributed by atoms with Crippen molar-refractivity contribution in [2.24, 2.45) is 5.41 Å². The van der Waals surface area contributed by atoms with Crippen LogP contribution in [0.5, 0.6) is 0 Å². The molecule has 5 rings (SSSR count). The molecule has 2 bridgehead atoms. The Hall–Kier alpha value is -1.62. The number of ether oxygens (including phenoxy) is 1. The predicted octanol–water partition coefficient (Wildman–Crippen LogP) is 4.22. The molecule has 2 saturated heterocycles. The van der Waals surface area contributed by atoms with Crippen molar-refractivity contribution >= 4 is 34.8 Å². The standard InChI is InChI=1S/C19H16Cl2N2O2/c20-13-2-1-12(9-14(13)21)23-17(24)19-10-18(19,11-5-7-22-8-6-11)15-3-4-16(19)25-15/h1-2,5-9,15-16H,3-4,10H2,(H,23,24)/t15-,16+,18+,19+/m0/s1. The fraction of sp³-hybridized carbons (Fsp3) is 0.368. The molecule has 4 nitrogen and oxygen atoms in total. The molecule has 1 aromatic heterocycles. The largest absolute Gasteiger partial charge is 0.373 e. The number of nitrogens with one attached hydrogen (secondary N) is 1. The van der Waals surface area contributed by atoms with Gasteiger partial charge in [-0.3, -0.25) is 9.78 Å². The number of aromatic nitrogens is 1. The van der Waals surface area contributed by atoms with E-state index in [9.17, 15) is 4.79 Å². The summed E-state index contributed by atoms with van der Waals surface area (Å²) in [5.74, 6) is 0.00917. The second-order valence-corrected chi connectivity index (χ2v) is 7.94. The Balaban J connectivity index is 1.50. The van der Waals surface area contributed by atoms with Crippen LogP contribution in [0.25, 0.3) is 0 Å². The van der Waals surface area contributed by atoms with Gasteiger partial charge in [-0.1, -0.05) is 23.2 Å². The first-order valence-corrected chi connectivity index (χ1v) is 9.16. The maximum Gasteiger partial charge on any atom is 0.234 e. The number of hydrogen-bond donors (Lipinski definition) is 1. The van der Waals surface area contributed by atoms with Gasteiger partial charge in [0, 0.05) is 23.5 Å². The molecule has 1 N–H and O–H groups in total. The molecule has 3 aliphatic rings. The van der Waals surface area contributed by atoms with Crippen molar-refractivity contribution < 1.29 is 9.53 Å². The highest BCUT2D eigenvalue weighted by Gasteiger charge is 2.85. The molecule has 4 atom stereocenters. The topological polar surface area (TPSA) is 51.2 Å². The van der Waals surface area contributed by atoms with Crippen LogP contribution < -0.4 is 5.32 Å². The average molecular weight is 375 g/mol. The molecule has 6 heteroatoms. The summed E-state index contributed by atoms with van der Waals surface area (Å²) >= 11 is 12.0. The lowest BCUT2D eigenvalue weighted by Gasteiger charge is -2.26. The summed E-state index contributed by atoms with van der Waals surface area (Å²) in [4.78, 5) is 17.4. The highest BCUT2D eigenvalue weighted by atomic mass is 35.5. The van der Waals surface area contributed by atoms with Gasteiger partial charge >= 0.3 is 0 Å². The molecule has 1 aromatic carbocycles. The Labute approximate surface area is 155 Å². The van der Waals surface area contributed by atoms with Crippen molar-refractivity contribution in [3.8, 4) is 0 Å². The summed E-state index contributed by atoms with van der Waals surface area (Å²) in [6.45, 7) is 0. The minimum Gasteiger partial charge on any atom is -0.373 e. The van der Waals surface area contributed by atoms with Crippen LogP contribution in [0.1, 0.15) is 24.8 Å². The Morgan fingerprint density at radius 2 is 1.88 bits per heavy atom. The molecule has 1 saturated carbocycles. The number of pyridine rings is 1. The summed E-state index contributed by atoms with van der Waals surface area (Å²) in [5.41, 5.74) is 1.09. The van der Waals surface area contributed by atoms with Gasteiger partial charge in [0.05, 0.1) is 27.7 Å². The van der Waals surface area contributed by atoms with Crippen LogP contribution in [0, 0.1) is 5.41 Å². The van der Waals surface area contributed by atoms with E-state index in [2.05, 4.69) is 10.3 Å². The lowest BCUT2D eigenvalue weighted by atomic mass is 9.75. The molecule has 3 heterocycles. The second-order valence-electron chi connectivity index (χ2n) is 7.13. The molecule has 128 valence electrons. The molecule has 25 heavy (non-hydrogen) atoms. The number of hydrogen-bond acceptors (Lipinski definition) is 3. The Morgan fingerprint density at radius 1 is 1.12 bits per heavy atom. The van der Waals surface area contributed by atoms with Crippen LogP contribution in [0.15, 0.2) is 42.7 Å². The number of carbonyl (C=O) groups excluding carboxylic acids is 1. The van der Waals surface area contributed by atoms with Crippen LogP contribution in [-0.4, -0.2) is 23.1 Å². The molecule has 0 unspecified atom stereocenters. The number of nitrogens with zero attached hydrogens (tertiary/aromatic N) is 1. The fourth-order valence-electron chi connectivity index (χ4n) is 5.00. The lowest BCUT2D eigenvalue weighted by molar-refractivity contribution is -0.124. The van der Waals surface area contributed by atoms with Gasteiger partial charge < -0.3 is 10.1 Å². The summed E-state index contributed by atoms with van der Waals surface area (Å²) in [5, 5.41) is 3.93. The zero-order chi connectivity index (χ0) is 17.2. The zero-order valence-corrected chi connectivity index (χ0v) is 14.8. The second kappa shape index (κ2) is 5.19. The van der Waals surface area contributed by atoms with Gasteiger partial charge in [-0.25, -0.2) is 0 Å². The van der Waals surface area contributed by atoms with Gasteiger partial charge in [0.25, 0.3) is 0 Å². The lowest BCUT2D eigenvalue weighted by Crippen LogP contribution is -2.39. The highest BCUT2D eigenvalue weighted by Crippen LogP contribution is 2.77. The molecule has 1 amide bonds. The number of halogens is 2. The molecule has 0 spiro atoms. The van der Waals surface area contributed by atoms with E-state index < -0.39 is 5.41 Å². The van der Waals surface area contributed by atoms with E-state index in [0.29, 0.717) is 15.7 Å². The van der Waals surface area contributed by atoms with Crippen molar-refractivity contribution in [2.45, 2.75) is 36.9 Å². The van der Waals surface area contributed by atoms with Gasteiger partial charge in [0.1, 0.15) is 0 Å². The number of rotatable bonds is 3. The van der Waals surface area contributed by atoms with Crippen molar-refractivity contribution in [3.63, 3.8) is 0 Å². The molecule has 2 aliphatic heterocycles. The fourth-order valence-corrected chi connectivity index (χ4v) is 5.30. The van der Waals surface area contributed by atoms with Crippen LogP contribution in [0.4, 0.5) is 5.69 Å². The van der Waals surface area contributed by atoms with Crippen molar-refractivity contribution in [1.29, 1.82) is 0 Å². The third-order valence-corrected chi connectivity index (χ3v) is 6.86. The van der Waals surface area contributed by atoms with Gasteiger partial charge in [0.2, 0.25) is 5.91 Å². The van der Waals surface area contributed by atoms with Crippen LogP contribution in [0.3, 0.4) is 0 Å². The quantitative estimate of drug-likeness (QED) is 0.874. The van der Waals surface area contributed by atoms with Crippen molar-refractivity contribution in [2.75, 3.05) is 5.32 Å². The third-order valence-electron chi connectivity index (χ3n) is 6.13. The maximum absolute atomic E-state index is 13.3. The van der Waals surface area contributed by atoms with E-state index in [-0.39, 0.29) is 23.5 Å². The van der Waals surface area contributed by atoms with Crippen molar-refractivity contribution in [3.05, 3.63) is 58.3 Å². The molecular weight excluding hydrogens is 359 g/mol. The molecular formula is C19H16Cl2N2O2. The van der Waals surface area contributed by atoms with Gasteiger partial charge in [-0.15, -0.1) is 0 Å². The summed E-state index contributed by atoms with van der Waals surface area (Å²) in [6, 6.07) is 9.17. The Kier molecular flexibility index (Phi) is 3.25. The maximum atomic E-state index is 13.3. The first-order valence-electron chi connectivity index (χ1n) is 8.40. The number of carbonyl (C=O) groups is 1. The zero-order valence-electron chi connectivity index (χ0n) is 13.3. The van der Waals surface area contributed by atoms with E-state index in [4.69, 9.17) is 27.9 Å². The predicted molar refractivity (Wildman–Crippen MR) is 96.0 cm³/mol. The third kappa shape index (κ3) is 1.93. The van der Waals surface area contributed by atoms with Gasteiger partial charge in [-0.05, 0) is 55.2 Å². The molecule has 2 aromatic rings. The molecule has 1 aliphatic carbocycles.